The summed E-state index contributed by atoms with van der Waals surface area (Å²) >= 11 is 0. The molecule has 3 rings (SSSR count). The molecule has 0 bridgehead atoms. The Labute approximate surface area is 211 Å². The second kappa shape index (κ2) is 12.4. The standard InChI is InChI=1S/C26H36N4O6/c1-16(2)13-17(14-23(31)32)27-25(33)19-15-22(30(29-19)18-9-6-5-7-10-18)28-26(34)24-20(35-3)11-8-12-21(24)36-4/h8,11-12,15-18H,5-7,9-10,13-14H2,1-4H3,(H,27,33)(H,28,34)(H,31,32). The number of aromatic nitrogens is 2. The van der Waals surface area contributed by atoms with Gasteiger partial charge in [-0.05, 0) is 37.3 Å². The molecule has 0 spiro atoms. The Bertz CT molecular complexity index is 1050. The van der Waals surface area contributed by atoms with E-state index in [-0.39, 0.29) is 29.6 Å². The molecule has 196 valence electrons. The Morgan fingerprint density at radius 2 is 1.72 bits per heavy atom. The summed E-state index contributed by atoms with van der Waals surface area (Å²) in [7, 11) is 2.95. The summed E-state index contributed by atoms with van der Waals surface area (Å²) in [5.41, 5.74) is 0.366. The topological polar surface area (TPSA) is 132 Å². The normalized spacial score (nSPS) is 14.8. The van der Waals surface area contributed by atoms with Crippen molar-refractivity contribution in [3.05, 3.63) is 35.5 Å². The van der Waals surface area contributed by atoms with E-state index in [9.17, 15) is 19.5 Å². The number of anilines is 1. The second-order valence-electron chi connectivity index (χ2n) is 9.54. The quantitative estimate of drug-likeness (QED) is 0.420. The van der Waals surface area contributed by atoms with Gasteiger partial charge in [0.15, 0.2) is 5.69 Å². The highest BCUT2D eigenvalue weighted by atomic mass is 16.5. The lowest BCUT2D eigenvalue weighted by molar-refractivity contribution is -0.137. The van der Waals surface area contributed by atoms with Gasteiger partial charge < -0.3 is 25.2 Å². The minimum absolute atomic E-state index is 0.0423. The highest BCUT2D eigenvalue weighted by Crippen LogP contribution is 2.33. The number of rotatable bonds is 11. The van der Waals surface area contributed by atoms with Crippen LogP contribution in [0.2, 0.25) is 0 Å². The summed E-state index contributed by atoms with van der Waals surface area (Å²) < 4.78 is 12.4. The Morgan fingerprint density at radius 3 is 2.28 bits per heavy atom. The lowest BCUT2D eigenvalue weighted by atomic mass is 9.96. The monoisotopic (exact) mass is 500 g/mol. The van der Waals surface area contributed by atoms with Gasteiger partial charge >= 0.3 is 5.97 Å². The molecule has 36 heavy (non-hydrogen) atoms. The highest BCUT2D eigenvalue weighted by molar-refractivity contribution is 6.08. The van der Waals surface area contributed by atoms with Crippen LogP contribution in [-0.4, -0.2) is 52.9 Å². The molecule has 1 aromatic carbocycles. The van der Waals surface area contributed by atoms with Crippen molar-refractivity contribution in [2.24, 2.45) is 5.92 Å². The first kappa shape index (κ1) is 27.0. The van der Waals surface area contributed by atoms with Gasteiger partial charge in [-0.25, -0.2) is 4.68 Å². The van der Waals surface area contributed by atoms with Crippen molar-refractivity contribution in [3.63, 3.8) is 0 Å². The molecule has 1 fully saturated rings. The number of carbonyl (C=O) groups excluding carboxylic acids is 2. The van der Waals surface area contributed by atoms with Crippen molar-refractivity contribution in [2.45, 2.75) is 70.9 Å². The number of amides is 2. The number of ether oxygens (including phenoxy) is 2. The highest BCUT2D eigenvalue weighted by Gasteiger charge is 2.27. The van der Waals surface area contributed by atoms with Crippen LogP contribution < -0.4 is 20.1 Å². The average molecular weight is 501 g/mol. The molecule has 1 aliphatic carbocycles. The summed E-state index contributed by atoms with van der Waals surface area (Å²) in [6.07, 6.45) is 5.33. The first-order valence-corrected chi connectivity index (χ1v) is 12.4. The van der Waals surface area contributed by atoms with Crippen molar-refractivity contribution in [1.29, 1.82) is 0 Å². The van der Waals surface area contributed by atoms with Gasteiger partial charge in [0, 0.05) is 12.1 Å². The number of nitrogens with zero attached hydrogens (tertiary/aromatic N) is 2. The van der Waals surface area contributed by atoms with E-state index < -0.39 is 23.8 Å². The van der Waals surface area contributed by atoms with Crippen LogP contribution in [0, 0.1) is 5.92 Å². The van der Waals surface area contributed by atoms with E-state index in [1.165, 1.54) is 20.3 Å². The Kier molecular flexibility index (Phi) is 9.32. The van der Waals surface area contributed by atoms with Crippen molar-refractivity contribution < 1.29 is 29.0 Å². The van der Waals surface area contributed by atoms with E-state index in [1.807, 2.05) is 13.8 Å². The molecule has 2 aromatic rings. The smallest absolute Gasteiger partial charge is 0.305 e. The van der Waals surface area contributed by atoms with Crippen LogP contribution in [0.15, 0.2) is 24.3 Å². The fourth-order valence-corrected chi connectivity index (χ4v) is 4.69. The van der Waals surface area contributed by atoms with Gasteiger partial charge in [0.25, 0.3) is 11.8 Å². The molecule has 1 saturated carbocycles. The average Bonchev–Trinajstić information content (AvgIpc) is 3.26. The maximum Gasteiger partial charge on any atom is 0.305 e. The molecule has 10 heteroatoms. The van der Waals surface area contributed by atoms with Gasteiger partial charge in [-0.1, -0.05) is 39.2 Å². The number of hydrogen-bond donors (Lipinski definition) is 3. The van der Waals surface area contributed by atoms with E-state index in [0.29, 0.717) is 23.7 Å². The Balaban J connectivity index is 1.91. The third-order valence-corrected chi connectivity index (χ3v) is 6.30. The zero-order valence-corrected chi connectivity index (χ0v) is 21.4. The molecule has 1 atom stereocenters. The minimum Gasteiger partial charge on any atom is -0.496 e. The van der Waals surface area contributed by atoms with Gasteiger partial charge in [-0.15, -0.1) is 0 Å². The minimum atomic E-state index is -0.979. The zero-order valence-electron chi connectivity index (χ0n) is 21.4. The number of methoxy groups -OCH3 is 2. The van der Waals surface area contributed by atoms with Crippen LogP contribution in [0.25, 0.3) is 0 Å². The number of aliphatic carboxylic acids is 1. The Morgan fingerprint density at radius 1 is 1.08 bits per heavy atom. The molecule has 1 aromatic heterocycles. The second-order valence-corrected chi connectivity index (χ2v) is 9.54. The fraction of sp³-hybridized carbons (Fsp3) is 0.538. The number of carboxylic acids is 1. The SMILES string of the molecule is COc1cccc(OC)c1C(=O)Nc1cc(C(=O)NC(CC(=O)O)CC(C)C)nn1C1CCCCC1. The molecular weight excluding hydrogens is 464 g/mol. The summed E-state index contributed by atoms with van der Waals surface area (Å²) in [6.45, 7) is 3.94. The molecule has 2 amide bonds. The van der Waals surface area contributed by atoms with E-state index in [2.05, 4.69) is 15.7 Å². The molecule has 0 aliphatic heterocycles. The maximum absolute atomic E-state index is 13.3. The van der Waals surface area contributed by atoms with E-state index >= 15 is 0 Å². The van der Waals surface area contributed by atoms with Crippen molar-refractivity contribution in [2.75, 3.05) is 19.5 Å². The fourth-order valence-electron chi connectivity index (χ4n) is 4.69. The molecule has 0 radical (unpaired) electrons. The van der Waals surface area contributed by atoms with Crippen LogP contribution in [0.1, 0.15) is 85.7 Å². The molecule has 3 N–H and O–H groups in total. The van der Waals surface area contributed by atoms with Gasteiger partial charge in [-0.2, -0.15) is 5.10 Å². The zero-order chi connectivity index (χ0) is 26.2. The Hall–Kier alpha value is -3.56. The van der Waals surface area contributed by atoms with E-state index in [4.69, 9.17) is 9.47 Å². The number of benzene rings is 1. The first-order chi connectivity index (χ1) is 17.2. The van der Waals surface area contributed by atoms with Gasteiger partial charge in [0.05, 0.1) is 26.7 Å². The van der Waals surface area contributed by atoms with E-state index in [0.717, 1.165) is 32.1 Å². The van der Waals surface area contributed by atoms with Crippen LogP contribution >= 0.6 is 0 Å². The van der Waals surface area contributed by atoms with Crippen molar-refractivity contribution in [3.8, 4) is 11.5 Å². The molecule has 1 aliphatic rings. The predicted octanol–water partition coefficient (Wildman–Crippen LogP) is 4.28. The molecule has 10 nitrogen and oxygen atoms in total. The van der Waals surface area contributed by atoms with Gasteiger partial charge in [0.1, 0.15) is 22.9 Å². The number of hydrogen-bond acceptors (Lipinski definition) is 6. The number of nitrogens with one attached hydrogen (secondary N) is 2. The van der Waals surface area contributed by atoms with Crippen LogP contribution in [0.5, 0.6) is 11.5 Å². The summed E-state index contributed by atoms with van der Waals surface area (Å²) in [4.78, 5) is 37.7. The number of carboxylic acid groups (broad SMARTS) is 1. The van der Waals surface area contributed by atoms with Crippen LogP contribution in [0.4, 0.5) is 5.82 Å². The van der Waals surface area contributed by atoms with Gasteiger partial charge in [0.2, 0.25) is 0 Å². The number of carbonyl (C=O) groups is 3. The van der Waals surface area contributed by atoms with Crippen LogP contribution in [-0.2, 0) is 4.79 Å². The molecule has 1 heterocycles. The van der Waals surface area contributed by atoms with E-state index in [1.54, 1.807) is 22.9 Å². The summed E-state index contributed by atoms with van der Waals surface area (Å²) in [5, 5.41) is 19.5. The summed E-state index contributed by atoms with van der Waals surface area (Å²) in [6, 6.07) is 6.13. The van der Waals surface area contributed by atoms with Gasteiger partial charge in [-0.3, -0.25) is 14.4 Å². The first-order valence-electron chi connectivity index (χ1n) is 12.4. The van der Waals surface area contributed by atoms with Crippen LogP contribution in [0.3, 0.4) is 0 Å². The summed E-state index contributed by atoms with van der Waals surface area (Å²) in [5.74, 6) is -0.577. The maximum atomic E-state index is 13.3. The molecule has 1 unspecified atom stereocenters. The molecule has 0 saturated heterocycles. The third kappa shape index (κ3) is 6.77. The third-order valence-electron chi connectivity index (χ3n) is 6.30. The molecular formula is C26H36N4O6. The van der Waals surface area contributed by atoms with Crippen molar-refractivity contribution in [1.82, 2.24) is 15.1 Å². The largest absolute Gasteiger partial charge is 0.496 e. The predicted molar refractivity (Wildman–Crippen MR) is 135 cm³/mol. The lowest BCUT2D eigenvalue weighted by Gasteiger charge is -2.24. The van der Waals surface area contributed by atoms with Crippen molar-refractivity contribution >= 4 is 23.6 Å². The lowest BCUT2D eigenvalue weighted by Crippen LogP contribution is -2.37.